The summed E-state index contributed by atoms with van der Waals surface area (Å²) >= 11 is 0. The molecule has 3 heterocycles. The number of aliphatic imine (C=N–C) groups is 1. The van der Waals surface area contributed by atoms with Gasteiger partial charge in [-0.15, -0.1) is 0 Å². The van der Waals surface area contributed by atoms with Crippen LogP contribution in [0, 0.1) is 0 Å². The summed E-state index contributed by atoms with van der Waals surface area (Å²) < 4.78 is 5.75. The van der Waals surface area contributed by atoms with E-state index in [1.54, 1.807) is 60.9 Å². The van der Waals surface area contributed by atoms with Crippen LogP contribution < -0.4 is 22.1 Å². The Morgan fingerprint density at radius 2 is 1.31 bits per heavy atom. The molecule has 42 heavy (non-hydrogen) atoms. The molecule has 11 heteroatoms. The number of rotatable bonds is 5. The highest BCUT2D eigenvalue weighted by atomic mass is 16.4. The Kier molecular flexibility index (Phi) is 13.9. The number of carbonyl (C=O) groups is 3. The van der Waals surface area contributed by atoms with Crippen LogP contribution in [-0.4, -0.2) is 63.2 Å². The SMILES string of the molecule is N[C@H]1CCCC[C@@H]1N.O=C(N[C@H]1CCCC[C@@H]1NC(=O)c1ccccn1)c1ccccn1.O=C(O)C1=CC=C[C+]=N1.[2H]C. The van der Waals surface area contributed by atoms with Gasteiger partial charge in [0.15, 0.2) is 6.21 Å². The molecule has 2 saturated carbocycles. The number of hydrogen-bond donors (Lipinski definition) is 5. The third-order valence-electron chi connectivity index (χ3n) is 6.90. The highest BCUT2D eigenvalue weighted by Crippen LogP contribution is 2.19. The first-order chi connectivity index (χ1) is 20.8. The fourth-order valence-corrected chi connectivity index (χ4v) is 4.59. The summed E-state index contributed by atoms with van der Waals surface area (Å²) in [7, 11) is 1.25. The van der Waals surface area contributed by atoms with Crippen molar-refractivity contribution in [2.45, 2.75) is 82.9 Å². The Labute approximate surface area is 249 Å². The van der Waals surface area contributed by atoms with Crippen molar-refractivity contribution in [1.82, 2.24) is 20.6 Å². The Morgan fingerprint density at radius 1 is 0.833 bits per heavy atom. The van der Waals surface area contributed by atoms with E-state index in [2.05, 4.69) is 31.8 Å². The molecule has 2 aromatic rings. The molecular formula is C31H42N7O4+. The van der Waals surface area contributed by atoms with Gasteiger partial charge in [0.05, 0.1) is 12.2 Å². The van der Waals surface area contributed by atoms with Crippen LogP contribution in [0.25, 0.3) is 0 Å². The molecule has 0 radical (unpaired) electrons. The van der Waals surface area contributed by atoms with Crippen molar-refractivity contribution in [2.75, 3.05) is 0 Å². The molecule has 0 aromatic carbocycles. The van der Waals surface area contributed by atoms with Gasteiger partial charge in [0.2, 0.25) is 0 Å². The molecule has 2 aliphatic carbocycles. The molecule has 0 spiro atoms. The Balaban J connectivity index is 0.000000277. The Bertz CT molecular complexity index is 1150. The van der Waals surface area contributed by atoms with E-state index in [1.165, 1.54) is 26.3 Å². The zero-order chi connectivity index (χ0) is 31.5. The number of amides is 2. The second-order valence-electron chi connectivity index (χ2n) is 9.94. The number of nitrogens with one attached hydrogen (secondary N) is 2. The van der Waals surface area contributed by atoms with Gasteiger partial charge in [-0.25, -0.2) is 4.79 Å². The maximum atomic E-state index is 12.3. The fourth-order valence-electron chi connectivity index (χ4n) is 4.59. The number of allylic oxidation sites excluding steroid dienone is 3. The summed E-state index contributed by atoms with van der Waals surface area (Å²) in [6.07, 6.45) is 18.7. The molecule has 224 valence electrons. The van der Waals surface area contributed by atoms with Crippen LogP contribution in [0.15, 0.2) is 77.7 Å². The minimum Gasteiger partial charge on any atom is -0.466 e. The smallest absolute Gasteiger partial charge is 0.414 e. The van der Waals surface area contributed by atoms with E-state index in [0.717, 1.165) is 38.5 Å². The lowest BCUT2D eigenvalue weighted by molar-refractivity contribution is -0.132. The van der Waals surface area contributed by atoms with E-state index in [0.29, 0.717) is 11.4 Å². The summed E-state index contributed by atoms with van der Waals surface area (Å²) in [6.45, 7) is 0. The van der Waals surface area contributed by atoms with Crippen molar-refractivity contribution in [3.63, 3.8) is 0 Å². The Hall–Kier alpha value is -4.31. The van der Waals surface area contributed by atoms with Gasteiger partial charge in [0.25, 0.3) is 17.5 Å². The van der Waals surface area contributed by atoms with E-state index in [-0.39, 0.29) is 41.7 Å². The number of aromatic nitrogens is 2. The summed E-state index contributed by atoms with van der Waals surface area (Å²) in [5.74, 6) is -1.44. The number of carboxylic acid groups (broad SMARTS) is 1. The second-order valence-corrected chi connectivity index (χ2v) is 9.94. The van der Waals surface area contributed by atoms with E-state index < -0.39 is 5.97 Å². The first-order valence-electron chi connectivity index (χ1n) is 14.9. The zero-order valence-corrected chi connectivity index (χ0v) is 24.0. The third-order valence-corrected chi connectivity index (χ3v) is 6.90. The van der Waals surface area contributed by atoms with Crippen LogP contribution in [0.3, 0.4) is 0 Å². The molecule has 1 aliphatic heterocycles. The number of hydrogen-bond acceptors (Lipinski definition) is 8. The normalized spacial score (nSPS) is 22.4. The number of nitrogens with two attached hydrogens (primary N) is 2. The van der Waals surface area contributed by atoms with Crippen LogP contribution in [0.1, 0.15) is 81.1 Å². The number of aliphatic carboxylic acids is 1. The molecule has 5 rings (SSSR count). The molecule has 4 atom stereocenters. The lowest BCUT2D eigenvalue weighted by atomic mass is 9.90. The van der Waals surface area contributed by atoms with Gasteiger partial charge in [0, 0.05) is 37.9 Å². The van der Waals surface area contributed by atoms with Crippen molar-refractivity contribution >= 4 is 24.0 Å². The molecule has 3 aliphatic rings. The van der Waals surface area contributed by atoms with Gasteiger partial charge in [-0.1, -0.05) is 50.2 Å². The molecule has 2 aromatic heterocycles. The molecule has 0 bridgehead atoms. The highest BCUT2D eigenvalue weighted by molar-refractivity contribution is 5.93. The maximum Gasteiger partial charge on any atom is 0.414 e. The molecule has 2 amide bonds. The summed E-state index contributed by atoms with van der Waals surface area (Å²) in [4.78, 5) is 46.3. The fraction of sp³-hybridized carbons (Fsp3) is 0.419. The van der Waals surface area contributed by atoms with E-state index in [9.17, 15) is 14.4 Å². The highest BCUT2D eigenvalue weighted by Gasteiger charge is 2.28. The second kappa shape index (κ2) is 18.2. The molecular weight excluding hydrogens is 534 g/mol. The van der Waals surface area contributed by atoms with E-state index in [1.807, 2.05) is 0 Å². The van der Waals surface area contributed by atoms with Gasteiger partial charge >= 0.3 is 5.97 Å². The molecule has 11 nitrogen and oxygen atoms in total. The number of carbonyl (C=O) groups excluding carboxylic acids is 2. The van der Waals surface area contributed by atoms with Crippen molar-refractivity contribution < 1.29 is 20.9 Å². The average molecular weight is 578 g/mol. The van der Waals surface area contributed by atoms with Crippen molar-refractivity contribution in [3.05, 3.63) is 84.1 Å². The van der Waals surface area contributed by atoms with Crippen molar-refractivity contribution in [1.29, 1.82) is 0 Å². The van der Waals surface area contributed by atoms with Crippen LogP contribution >= 0.6 is 0 Å². The summed E-state index contributed by atoms with van der Waals surface area (Å²) in [5.41, 5.74) is 12.1. The van der Waals surface area contributed by atoms with E-state index >= 15 is 0 Å². The summed E-state index contributed by atoms with van der Waals surface area (Å²) in [5, 5.41) is 14.3. The average Bonchev–Trinajstić information content (AvgIpc) is 3.06. The van der Waals surface area contributed by atoms with Gasteiger partial charge in [-0.3, -0.25) is 19.6 Å². The summed E-state index contributed by atoms with van der Waals surface area (Å²) in [6, 6.07) is 10.8. The van der Waals surface area contributed by atoms with E-state index in [4.69, 9.17) is 17.9 Å². The van der Waals surface area contributed by atoms with Crippen LogP contribution in [0.2, 0.25) is 0 Å². The predicted octanol–water partition coefficient (Wildman–Crippen LogP) is 3.27. The van der Waals surface area contributed by atoms with Crippen molar-refractivity contribution in [3.8, 4) is 0 Å². The number of nitrogens with zero attached hydrogens (tertiary/aromatic N) is 3. The first-order valence-corrected chi connectivity index (χ1v) is 13.9. The topological polar surface area (TPSA) is 186 Å². The zero-order valence-electron chi connectivity index (χ0n) is 25.0. The number of pyridine rings is 2. The van der Waals surface area contributed by atoms with Gasteiger partial charge < -0.3 is 27.2 Å². The minimum atomic E-state index is -1.02. The lowest BCUT2D eigenvalue weighted by Gasteiger charge is -2.32. The largest absolute Gasteiger partial charge is 0.466 e. The van der Waals surface area contributed by atoms with Crippen molar-refractivity contribution in [2.24, 2.45) is 16.5 Å². The monoisotopic (exact) mass is 577 g/mol. The molecule has 0 saturated heterocycles. The lowest BCUT2D eigenvalue weighted by Crippen LogP contribution is -2.53. The van der Waals surface area contributed by atoms with Crippen LogP contribution in [0.5, 0.6) is 0 Å². The quantitative estimate of drug-likeness (QED) is 0.335. The first kappa shape index (κ1) is 32.2. The predicted molar refractivity (Wildman–Crippen MR) is 163 cm³/mol. The Morgan fingerprint density at radius 3 is 1.64 bits per heavy atom. The van der Waals surface area contributed by atoms with Gasteiger partial charge in [-0.2, -0.15) is 0 Å². The molecule has 7 N–H and O–H groups in total. The van der Waals surface area contributed by atoms with Crippen LogP contribution in [0.4, 0.5) is 0 Å². The van der Waals surface area contributed by atoms with Gasteiger partial charge in [0.1, 0.15) is 17.5 Å². The molecule has 2 fully saturated rings. The minimum absolute atomic E-state index is 0.0255. The maximum absolute atomic E-state index is 12.3. The number of carboxylic acids is 1. The third kappa shape index (κ3) is 11.3. The van der Waals surface area contributed by atoms with Gasteiger partial charge in [-0.05, 0) is 49.9 Å². The van der Waals surface area contributed by atoms with Crippen LogP contribution in [-0.2, 0) is 4.79 Å². The standard InChI is InChI=1S/C18H20N4O2.C6H14N2.C6H3NO2.CH4/c23-17(15-9-3-5-11-19-15)21-13-7-1-2-8-14(13)22-18(24)16-10-4-6-12-20-16;7-5-3-1-2-4-6(5)8;8-6(9)5-3-1-2-4-7-5;/h3-6,9-14H,1-2,7-8H2,(H,21,23)(H,22,24);5-6H,1-4,7-8H2;1-3H;1H4/p+1/t13-,14-;5-,6-;;/m00../s1/i;;;1D. The molecule has 0 unspecified atom stereocenters.